The molecule has 0 saturated heterocycles. The standard InChI is InChI=1S/C31H33O2S.C23H23O2S.C21H21OS.C20H18OS.C19H17OS/c1-21-13-28(34(26-9-5-3-6-10-26)27-11-7-4-8-12-27)14-22(2)29(21)33-30(32)31-18-23-15-24(19-31)17-25(16-23)20-31;1-4-22(24)25-23-17(2)15-21(16-18(23)3)26(19-11-7-5-8-12-19)20-13-9-6-10-14-20;1-16-14-20(15-17(2)21(16)22-3)23(18-10-6-4-7-11-18)19-12-8-5-9-13-19;1-15-13-19(14-16(2)20(15)21)22(17-9-5-3-6-10-17)18-11-7-4-8-12-18;1-20-16-12-14-19(15-13-16)21(17-8-4-2-5-9-17)18-10-6-3-7-11-18/h3-14,23-25H,15-20H2,1-2H3;5-16H,4H2,1-3H3;4-15H,1-3H3;3-14H,1-2H3;2-15H,1H3/q3*+1;;+1/p+1. The fraction of sp³-hybridized carbons (Fsp3) is 0.193. The largest absolute Gasteiger partial charge is 0.507 e. The van der Waals surface area contributed by atoms with Crippen molar-refractivity contribution >= 4 is 66.4 Å². The van der Waals surface area contributed by atoms with Crippen molar-refractivity contribution in [2.24, 2.45) is 23.2 Å². The molecule has 4 aliphatic carbocycles. The van der Waals surface area contributed by atoms with Gasteiger partial charge >= 0.3 is 11.9 Å². The molecule has 15 aromatic rings. The number of phenols is 1. The van der Waals surface area contributed by atoms with E-state index in [2.05, 4.69) is 367 Å². The Morgan fingerprint density at radius 3 is 0.706 bits per heavy atom. The highest BCUT2D eigenvalue weighted by atomic mass is 32.2. The maximum absolute atomic E-state index is 13.6. The van der Waals surface area contributed by atoms with Gasteiger partial charge in [0, 0.05) is 55.0 Å². The minimum absolute atomic E-state index is 0.0377. The average molecular weight is 1760 g/mol. The van der Waals surface area contributed by atoms with Crippen molar-refractivity contribution in [2.75, 3.05) is 14.2 Å². The first-order valence-corrected chi connectivity index (χ1v) is 49.5. The Morgan fingerprint density at radius 2 is 0.484 bits per heavy atom. The molecule has 1 N–H and O–H groups in total. The number of carbonyl (C=O) groups is 2. The lowest BCUT2D eigenvalue weighted by molar-refractivity contribution is -0.161. The van der Waals surface area contributed by atoms with Gasteiger partial charge in [-0.2, -0.15) is 0 Å². The topological polar surface area (TPSA) is 91.3 Å². The van der Waals surface area contributed by atoms with Gasteiger partial charge in [-0.1, -0.05) is 189 Å². The third kappa shape index (κ3) is 22.4. The molecule has 0 heterocycles. The number of hydrogen-bond acceptors (Lipinski definition) is 7. The van der Waals surface area contributed by atoms with Crippen molar-refractivity contribution < 1.29 is 33.6 Å². The number of aromatic hydroxyl groups is 1. The SMILES string of the molecule is CCC(=O)Oc1c(C)cc([S+](c2ccccc2)c2ccccc2)cc1C.COc1c(C)cc([S+](c2ccccc2)c2ccccc2)cc1C.COc1ccc([S+](c2ccccc2)c2ccccc2)cc1.Cc1cc([S+](c2ccccc2)c2ccccc2)cc(C)c1O.Cc1cc([S+](c2ccccc2)c2ccccc2)cc(C)c1OC(=O)C12CC3CC(CC(C3)C1)C2. The Labute approximate surface area is 761 Å². The van der Waals surface area contributed by atoms with E-state index in [0.717, 1.165) is 87.6 Å². The quantitative estimate of drug-likeness (QED) is 0.0435. The first-order chi connectivity index (χ1) is 61.4. The number of hydrogen-bond donors (Lipinski definition) is 1. The summed E-state index contributed by atoms with van der Waals surface area (Å²) >= 11 is 0. The van der Waals surface area contributed by atoms with Crippen LogP contribution < -0.4 is 18.9 Å². The van der Waals surface area contributed by atoms with Crippen molar-refractivity contribution in [3.63, 3.8) is 0 Å². The molecule has 0 unspecified atom stereocenters. The Kier molecular flexibility index (Phi) is 31.3. The van der Waals surface area contributed by atoms with Gasteiger partial charge in [-0.25, -0.2) is 0 Å². The lowest BCUT2D eigenvalue weighted by atomic mass is 9.49. The fourth-order valence-electron chi connectivity index (χ4n) is 17.8. The van der Waals surface area contributed by atoms with E-state index in [9.17, 15) is 14.7 Å². The van der Waals surface area contributed by atoms with Crippen LogP contribution >= 0.6 is 0 Å². The molecule has 0 aliphatic heterocycles. The molecule has 0 radical (unpaired) electrons. The van der Waals surface area contributed by atoms with Crippen LogP contribution in [0.2, 0.25) is 0 Å². The van der Waals surface area contributed by atoms with Crippen LogP contribution in [0, 0.1) is 78.6 Å². The summed E-state index contributed by atoms with van der Waals surface area (Å²) in [7, 11) is 2.70. The Hall–Kier alpha value is -11.6. The summed E-state index contributed by atoms with van der Waals surface area (Å²) in [6.45, 7) is 18.2. The monoisotopic (exact) mass is 1750 g/mol. The summed E-state index contributed by atoms with van der Waals surface area (Å²) < 4.78 is 22.6. The molecule has 4 aliphatic rings. The zero-order valence-electron chi connectivity index (χ0n) is 73.9. The molecule has 0 aromatic heterocycles. The van der Waals surface area contributed by atoms with Gasteiger partial charge in [0.15, 0.2) is 73.4 Å². The number of phenolic OH excluding ortho intramolecular Hbond substituents is 1. The van der Waals surface area contributed by atoms with E-state index in [-0.39, 0.29) is 71.8 Å². The van der Waals surface area contributed by atoms with Gasteiger partial charge in [-0.15, -0.1) is 0 Å². The third-order valence-electron chi connectivity index (χ3n) is 23.2. The van der Waals surface area contributed by atoms with Crippen molar-refractivity contribution in [3.8, 4) is 28.7 Å². The Balaban J connectivity index is 0.000000129. The molecule has 0 amide bonds. The third-order valence-corrected chi connectivity index (χ3v) is 34.2. The molecule has 19 rings (SSSR count). The normalized spacial score (nSPS) is 15.2. The molecule has 4 bridgehead atoms. The summed E-state index contributed by atoms with van der Waals surface area (Å²) in [5.41, 5.74) is 8.09. The molecule has 636 valence electrons. The van der Waals surface area contributed by atoms with Crippen LogP contribution in [0.3, 0.4) is 0 Å². The molecule has 0 atom stereocenters. The van der Waals surface area contributed by atoms with Gasteiger partial charge in [0.2, 0.25) is 0 Å². The van der Waals surface area contributed by atoms with E-state index in [0.29, 0.717) is 17.9 Å². The molecule has 126 heavy (non-hydrogen) atoms. The van der Waals surface area contributed by atoms with Crippen LogP contribution in [0.25, 0.3) is 0 Å². The molecule has 12 heteroatoms. The number of carbonyl (C=O) groups excluding carboxylic acids is 2. The number of esters is 2. The van der Waals surface area contributed by atoms with E-state index in [1.807, 2.05) is 71.0 Å². The van der Waals surface area contributed by atoms with E-state index < -0.39 is 0 Å². The van der Waals surface area contributed by atoms with Crippen molar-refractivity contribution in [2.45, 2.75) is 181 Å². The molecular formula is C114H113O7S5+5. The van der Waals surface area contributed by atoms with Crippen LogP contribution in [-0.2, 0) is 64.1 Å². The Morgan fingerprint density at radius 1 is 0.278 bits per heavy atom. The van der Waals surface area contributed by atoms with Gasteiger partial charge in [0.1, 0.15) is 28.7 Å². The summed E-state index contributed by atoms with van der Waals surface area (Å²) in [6.07, 6.45) is 7.50. The van der Waals surface area contributed by atoms with Crippen molar-refractivity contribution in [3.05, 3.63) is 421 Å². The van der Waals surface area contributed by atoms with Gasteiger partial charge in [-0.05, 0) is 302 Å². The lowest BCUT2D eigenvalue weighted by Crippen LogP contribution is -2.51. The smallest absolute Gasteiger partial charge is 0.317 e. The minimum atomic E-state index is -0.231. The molecule has 7 nitrogen and oxygen atoms in total. The van der Waals surface area contributed by atoms with Gasteiger partial charge < -0.3 is 24.1 Å². The molecule has 15 aromatic carbocycles. The maximum Gasteiger partial charge on any atom is 0.317 e. The van der Waals surface area contributed by atoms with E-state index in [1.165, 1.54) is 104 Å². The molecular weight excluding hydrogens is 1640 g/mol. The minimum Gasteiger partial charge on any atom is -0.507 e. The highest BCUT2D eigenvalue weighted by Gasteiger charge is 2.56. The second-order valence-electron chi connectivity index (χ2n) is 32.5. The van der Waals surface area contributed by atoms with E-state index in [4.69, 9.17) is 18.9 Å². The second-order valence-corrected chi connectivity index (χ2v) is 42.7. The maximum atomic E-state index is 13.6. The number of rotatable bonds is 21. The zero-order valence-corrected chi connectivity index (χ0v) is 78.0. The molecule has 4 fully saturated rings. The van der Waals surface area contributed by atoms with Gasteiger partial charge in [-0.3, -0.25) is 9.59 Å². The van der Waals surface area contributed by atoms with Crippen LogP contribution in [-0.4, -0.2) is 31.3 Å². The summed E-state index contributed by atoms with van der Waals surface area (Å²) in [6, 6.07) is 132. The second kappa shape index (κ2) is 43.5. The Bertz CT molecular complexity index is 5710. The number of methoxy groups -OCH3 is 2. The van der Waals surface area contributed by atoms with E-state index >= 15 is 0 Å². The van der Waals surface area contributed by atoms with Crippen LogP contribution in [0.15, 0.2) is 450 Å². The molecule has 0 spiro atoms. The zero-order chi connectivity index (χ0) is 88.1. The summed E-state index contributed by atoms with van der Waals surface area (Å²) in [5, 5.41) is 10.1. The average Bonchev–Trinajstić information content (AvgIpc) is 0.735. The first-order valence-electron chi connectivity index (χ1n) is 43.3. The van der Waals surface area contributed by atoms with Crippen LogP contribution in [0.5, 0.6) is 28.7 Å². The number of benzene rings is 15. The fourth-order valence-corrected chi connectivity index (χ4v) is 29.0. The molecule has 4 saturated carbocycles. The predicted molar refractivity (Wildman–Crippen MR) is 522 cm³/mol. The predicted octanol–water partition coefficient (Wildman–Crippen LogP) is 28.5. The number of ether oxygens (including phenoxy) is 4. The van der Waals surface area contributed by atoms with Crippen molar-refractivity contribution in [1.29, 1.82) is 0 Å². The van der Waals surface area contributed by atoms with Crippen molar-refractivity contribution in [1.82, 2.24) is 0 Å². The van der Waals surface area contributed by atoms with Gasteiger partial charge in [0.25, 0.3) is 0 Å². The summed E-state index contributed by atoms with van der Waals surface area (Å²) in [4.78, 5) is 44.8. The lowest BCUT2D eigenvalue weighted by Gasteiger charge is -2.55. The van der Waals surface area contributed by atoms with Crippen LogP contribution in [0.4, 0.5) is 0 Å². The number of aryl methyl sites for hydroxylation is 8. The van der Waals surface area contributed by atoms with Gasteiger partial charge in [0.05, 0.1) is 74.1 Å². The first kappa shape index (κ1) is 90.6. The summed E-state index contributed by atoms with van der Waals surface area (Å²) in [5.74, 6) is 5.78. The van der Waals surface area contributed by atoms with Crippen LogP contribution in [0.1, 0.15) is 96.4 Å². The van der Waals surface area contributed by atoms with E-state index in [1.54, 1.807) is 14.2 Å². The highest BCUT2D eigenvalue weighted by molar-refractivity contribution is 7.98. The highest BCUT2D eigenvalue weighted by Crippen LogP contribution is 2.61.